The summed E-state index contributed by atoms with van der Waals surface area (Å²) < 4.78 is 30.9. The molecule has 0 saturated heterocycles. The van der Waals surface area contributed by atoms with Gasteiger partial charge in [-0.25, -0.2) is 4.98 Å². The first-order chi connectivity index (χ1) is 12.8. The highest BCUT2D eigenvalue weighted by molar-refractivity contribution is 9.10. The molecule has 0 radical (unpaired) electrons. The quantitative estimate of drug-likeness (QED) is 0.423. The van der Waals surface area contributed by atoms with Crippen LogP contribution >= 0.6 is 27.3 Å². The molecule has 3 rings (SSSR count). The van der Waals surface area contributed by atoms with Crippen LogP contribution in [0.1, 0.15) is 6.42 Å². The number of halogens is 3. The number of anilines is 1. The summed E-state index contributed by atoms with van der Waals surface area (Å²) in [7, 11) is 0. The highest BCUT2D eigenvalue weighted by Crippen LogP contribution is 2.30. The molecule has 1 N–H and O–H groups in total. The van der Waals surface area contributed by atoms with Crippen LogP contribution in [-0.4, -0.2) is 32.2 Å². The largest absolute Gasteiger partial charge is 0.435 e. The Balaban J connectivity index is 1.62. The van der Waals surface area contributed by atoms with Gasteiger partial charge in [0.25, 0.3) is 0 Å². The molecule has 0 saturated carbocycles. The molecule has 27 heavy (non-hydrogen) atoms. The standard InChI is InChI=1S/C14H10BrF2N5O4S/c15-8-6-21(20-12(8)22(24)25)4-3-11(23)19-14-18-9-2-1-7(26-13(16)17)5-10(9)27-14/h1-2,5-6,13H,3-4H2,(H,18,19,23). The summed E-state index contributed by atoms with van der Waals surface area (Å²) in [6.45, 7) is -2.79. The fraction of sp³-hybridized carbons (Fsp3) is 0.214. The van der Waals surface area contributed by atoms with Gasteiger partial charge in [0.1, 0.15) is 10.2 Å². The first-order valence-corrected chi connectivity index (χ1v) is 8.95. The Morgan fingerprint density at radius 3 is 2.93 bits per heavy atom. The number of benzene rings is 1. The van der Waals surface area contributed by atoms with E-state index < -0.39 is 11.5 Å². The molecule has 2 aromatic heterocycles. The van der Waals surface area contributed by atoms with Gasteiger partial charge in [-0.15, -0.1) is 0 Å². The smallest absolute Gasteiger partial charge is 0.404 e. The Morgan fingerprint density at radius 2 is 2.26 bits per heavy atom. The van der Waals surface area contributed by atoms with Gasteiger partial charge in [0.05, 0.1) is 28.1 Å². The number of nitro groups is 1. The minimum absolute atomic E-state index is 0.00452. The highest BCUT2D eigenvalue weighted by Gasteiger charge is 2.19. The molecule has 0 aliphatic rings. The first-order valence-electron chi connectivity index (χ1n) is 7.34. The molecule has 0 aliphatic carbocycles. The fourth-order valence-electron chi connectivity index (χ4n) is 2.16. The van der Waals surface area contributed by atoms with Crippen LogP contribution in [0, 0.1) is 10.1 Å². The van der Waals surface area contributed by atoms with Crippen molar-refractivity contribution < 1.29 is 23.2 Å². The van der Waals surface area contributed by atoms with E-state index in [1.165, 1.54) is 29.1 Å². The van der Waals surface area contributed by atoms with E-state index in [-0.39, 0.29) is 34.9 Å². The highest BCUT2D eigenvalue weighted by atomic mass is 79.9. The zero-order chi connectivity index (χ0) is 19.6. The third-order valence-electron chi connectivity index (χ3n) is 3.27. The maximum absolute atomic E-state index is 12.3. The molecule has 13 heteroatoms. The lowest BCUT2D eigenvalue weighted by Gasteiger charge is -2.02. The zero-order valence-electron chi connectivity index (χ0n) is 13.3. The van der Waals surface area contributed by atoms with Gasteiger partial charge in [-0.05, 0) is 39.1 Å². The number of aryl methyl sites for hydroxylation is 1. The molecular formula is C14H10BrF2N5O4S. The Hall–Kier alpha value is -2.67. The number of thiazole rings is 1. The number of hydrogen-bond acceptors (Lipinski definition) is 7. The Kier molecular flexibility index (Phi) is 5.60. The Bertz CT molecular complexity index is 1010. The second-order valence-corrected chi connectivity index (χ2v) is 7.03. The molecular weight excluding hydrogens is 452 g/mol. The molecule has 0 atom stereocenters. The third kappa shape index (κ3) is 4.74. The normalized spacial score (nSPS) is 11.1. The van der Waals surface area contributed by atoms with E-state index in [9.17, 15) is 23.7 Å². The van der Waals surface area contributed by atoms with Crippen LogP contribution < -0.4 is 10.1 Å². The van der Waals surface area contributed by atoms with E-state index >= 15 is 0 Å². The van der Waals surface area contributed by atoms with Crippen LogP contribution in [0.3, 0.4) is 0 Å². The number of amides is 1. The molecule has 1 aromatic carbocycles. The molecule has 0 spiro atoms. The maximum atomic E-state index is 12.3. The van der Waals surface area contributed by atoms with Gasteiger partial charge in [-0.1, -0.05) is 11.3 Å². The lowest BCUT2D eigenvalue weighted by molar-refractivity contribution is -0.390. The minimum atomic E-state index is -2.92. The summed E-state index contributed by atoms with van der Waals surface area (Å²) in [4.78, 5) is 26.4. The number of ether oxygens (including phenoxy) is 1. The van der Waals surface area contributed by atoms with E-state index in [1.807, 2.05) is 0 Å². The topological polar surface area (TPSA) is 112 Å². The molecule has 3 aromatic rings. The molecule has 2 heterocycles. The number of carbonyl (C=O) groups excluding carboxylic acids is 1. The van der Waals surface area contributed by atoms with E-state index in [1.54, 1.807) is 0 Å². The van der Waals surface area contributed by atoms with Crippen molar-refractivity contribution in [2.45, 2.75) is 19.6 Å². The van der Waals surface area contributed by atoms with E-state index in [2.05, 4.69) is 36.1 Å². The number of nitrogens with zero attached hydrogens (tertiary/aromatic N) is 4. The second kappa shape index (κ2) is 7.92. The lowest BCUT2D eigenvalue weighted by Crippen LogP contribution is -2.14. The number of carbonyl (C=O) groups is 1. The summed E-state index contributed by atoms with van der Waals surface area (Å²) in [5.74, 6) is -0.694. The number of alkyl halides is 2. The first kappa shape index (κ1) is 19.1. The van der Waals surface area contributed by atoms with Gasteiger partial charge in [-0.2, -0.15) is 13.5 Å². The van der Waals surface area contributed by atoms with Gasteiger partial charge in [-0.3, -0.25) is 4.79 Å². The monoisotopic (exact) mass is 461 g/mol. The summed E-state index contributed by atoms with van der Waals surface area (Å²) in [6.07, 6.45) is 1.43. The van der Waals surface area contributed by atoms with Crippen molar-refractivity contribution >= 4 is 54.3 Å². The molecule has 0 aliphatic heterocycles. The Labute approximate surface area is 162 Å². The van der Waals surface area contributed by atoms with Gasteiger partial charge >= 0.3 is 12.4 Å². The zero-order valence-corrected chi connectivity index (χ0v) is 15.7. The predicted octanol–water partition coefficient (Wildman–Crippen LogP) is 3.79. The summed E-state index contributed by atoms with van der Waals surface area (Å²) >= 11 is 4.14. The summed E-state index contributed by atoms with van der Waals surface area (Å²) in [5.41, 5.74) is 0.531. The van der Waals surface area contributed by atoms with Crippen LogP contribution in [0.2, 0.25) is 0 Å². The van der Waals surface area contributed by atoms with Crippen molar-refractivity contribution in [2.24, 2.45) is 0 Å². The second-order valence-electron chi connectivity index (χ2n) is 5.15. The minimum Gasteiger partial charge on any atom is -0.435 e. The number of nitrogens with one attached hydrogen (secondary N) is 1. The van der Waals surface area contributed by atoms with Crippen LogP contribution in [0.5, 0.6) is 5.75 Å². The number of aromatic nitrogens is 3. The van der Waals surface area contributed by atoms with Crippen LogP contribution in [0.25, 0.3) is 10.2 Å². The van der Waals surface area contributed by atoms with Crippen LogP contribution in [0.4, 0.5) is 19.7 Å². The molecule has 9 nitrogen and oxygen atoms in total. The van der Waals surface area contributed by atoms with Gasteiger partial charge in [0.15, 0.2) is 5.13 Å². The van der Waals surface area contributed by atoms with Crippen molar-refractivity contribution in [2.75, 3.05) is 5.32 Å². The van der Waals surface area contributed by atoms with E-state index in [0.717, 1.165) is 11.3 Å². The molecule has 142 valence electrons. The third-order valence-corrected chi connectivity index (χ3v) is 4.76. The van der Waals surface area contributed by atoms with Gasteiger partial charge in [0.2, 0.25) is 5.91 Å². The summed E-state index contributed by atoms with van der Waals surface area (Å²) in [5, 5.41) is 17.4. The van der Waals surface area contributed by atoms with Crippen LogP contribution in [0.15, 0.2) is 28.9 Å². The number of fused-ring (bicyclic) bond motifs is 1. The molecule has 0 fully saturated rings. The van der Waals surface area contributed by atoms with Crippen LogP contribution in [-0.2, 0) is 11.3 Å². The SMILES string of the molecule is O=C(CCn1cc(Br)c([N+](=O)[O-])n1)Nc1nc2ccc(OC(F)F)cc2s1. The Morgan fingerprint density at radius 1 is 1.48 bits per heavy atom. The van der Waals surface area contributed by atoms with Crippen molar-refractivity contribution in [1.82, 2.24) is 14.8 Å². The van der Waals surface area contributed by atoms with Crippen molar-refractivity contribution in [3.05, 3.63) is 39.0 Å². The maximum Gasteiger partial charge on any atom is 0.404 e. The van der Waals surface area contributed by atoms with Crippen molar-refractivity contribution in [1.29, 1.82) is 0 Å². The number of hydrogen-bond donors (Lipinski definition) is 1. The average Bonchev–Trinajstić information content (AvgIpc) is 3.14. The predicted molar refractivity (Wildman–Crippen MR) is 96.1 cm³/mol. The molecule has 0 unspecified atom stereocenters. The van der Waals surface area contributed by atoms with E-state index in [4.69, 9.17) is 0 Å². The average molecular weight is 462 g/mol. The molecule has 1 amide bonds. The molecule has 0 bridgehead atoms. The van der Waals surface area contributed by atoms with Crippen molar-refractivity contribution in [3.8, 4) is 5.75 Å². The fourth-order valence-corrected chi connectivity index (χ4v) is 3.53. The summed E-state index contributed by atoms with van der Waals surface area (Å²) in [6, 6.07) is 4.29. The van der Waals surface area contributed by atoms with E-state index in [0.29, 0.717) is 15.3 Å². The van der Waals surface area contributed by atoms with Gasteiger partial charge < -0.3 is 20.2 Å². The number of rotatable bonds is 7. The van der Waals surface area contributed by atoms with Crippen molar-refractivity contribution in [3.63, 3.8) is 0 Å². The lowest BCUT2D eigenvalue weighted by atomic mass is 10.3. The van der Waals surface area contributed by atoms with Gasteiger partial charge in [0, 0.05) is 6.42 Å².